The van der Waals surface area contributed by atoms with Crippen molar-refractivity contribution in [2.45, 2.75) is 20.4 Å². The molecule has 0 radical (unpaired) electrons. The lowest BCUT2D eigenvalue weighted by molar-refractivity contribution is 0.102. The van der Waals surface area contributed by atoms with Crippen LogP contribution >= 0.6 is 11.6 Å². The molecule has 4 rings (SSSR count). The second-order valence-corrected chi connectivity index (χ2v) is 6.89. The number of hydrogen-bond acceptors (Lipinski definition) is 3. The summed E-state index contributed by atoms with van der Waals surface area (Å²) in [6.07, 6.45) is 1.69. The summed E-state index contributed by atoms with van der Waals surface area (Å²) in [4.78, 5) is 17.9. The van der Waals surface area contributed by atoms with Gasteiger partial charge in [0, 0.05) is 22.8 Å². The summed E-state index contributed by atoms with van der Waals surface area (Å²) < 4.78 is 1.79. The molecule has 28 heavy (non-hydrogen) atoms. The van der Waals surface area contributed by atoms with E-state index in [1.54, 1.807) is 16.9 Å². The van der Waals surface area contributed by atoms with E-state index in [1.165, 1.54) is 0 Å². The van der Waals surface area contributed by atoms with Crippen molar-refractivity contribution in [1.29, 1.82) is 0 Å². The van der Waals surface area contributed by atoms with Crippen molar-refractivity contribution in [3.05, 3.63) is 76.9 Å². The lowest BCUT2D eigenvalue weighted by Gasteiger charge is -2.11. The minimum absolute atomic E-state index is 0.217. The van der Waals surface area contributed by atoms with Crippen molar-refractivity contribution in [1.82, 2.24) is 14.8 Å². The van der Waals surface area contributed by atoms with E-state index in [0.29, 0.717) is 28.5 Å². The highest BCUT2D eigenvalue weighted by molar-refractivity contribution is 6.31. The van der Waals surface area contributed by atoms with Crippen LogP contribution in [0.2, 0.25) is 5.02 Å². The zero-order valence-electron chi connectivity index (χ0n) is 15.6. The molecule has 0 spiro atoms. The van der Waals surface area contributed by atoms with Gasteiger partial charge in [-0.1, -0.05) is 48.0 Å². The van der Waals surface area contributed by atoms with Crippen molar-refractivity contribution in [3.63, 3.8) is 0 Å². The number of carbonyl (C=O) groups excluding carboxylic acids is 1. The van der Waals surface area contributed by atoms with Crippen LogP contribution in [0.5, 0.6) is 0 Å². The fourth-order valence-electron chi connectivity index (χ4n) is 3.16. The maximum atomic E-state index is 13.2. The number of aromatic nitrogens is 3. The zero-order valence-corrected chi connectivity index (χ0v) is 16.4. The molecular weight excluding hydrogens is 372 g/mol. The van der Waals surface area contributed by atoms with Crippen LogP contribution in [0.1, 0.15) is 22.8 Å². The van der Waals surface area contributed by atoms with Gasteiger partial charge in [-0.2, -0.15) is 5.10 Å². The third kappa shape index (κ3) is 3.25. The van der Waals surface area contributed by atoms with E-state index >= 15 is 0 Å². The zero-order chi connectivity index (χ0) is 19.7. The average molecular weight is 391 g/mol. The molecular formula is C22H19ClN4O. The first-order valence-corrected chi connectivity index (χ1v) is 9.44. The number of halogens is 1. The smallest absolute Gasteiger partial charge is 0.256 e. The molecule has 6 heteroatoms. The monoisotopic (exact) mass is 390 g/mol. The van der Waals surface area contributed by atoms with Crippen LogP contribution in [-0.4, -0.2) is 20.7 Å². The van der Waals surface area contributed by atoms with Crippen molar-refractivity contribution >= 4 is 34.2 Å². The first-order valence-electron chi connectivity index (χ1n) is 9.07. The van der Waals surface area contributed by atoms with Crippen LogP contribution in [0.3, 0.4) is 0 Å². The Morgan fingerprint density at radius 1 is 1.14 bits per heavy atom. The summed E-state index contributed by atoms with van der Waals surface area (Å²) >= 11 is 6.19. The normalized spacial score (nSPS) is 11.0. The molecule has 1 amide bonds. The number of amides is 1. The van der Waals surface area contributed by atoms with Gasteiger partial charge < -0.3 is 5.32 Å². The Morgan fingerprint density at radius 3 is 2.68 bits per heavy atom. The predicted molar refractivity (Wildman–Crippen MR) is 113 cm³/mol. The fraction of sp³-hybridized carbons (Fsp3) is 0.136. The molecule has 2 aromatic carbocycles. The molecule has 2 aromatic heterocycles. The molecule has 2 heterocycles. The number of nitrogens with zero attached hydrogens (tertiary/aromatic N) is 3. The minimum atomic E-state index is -0.217. The Morgan fingerprint density at radius 2 is 1.93 bits per heavy atom. The summed E-state index contributed by atoms with van der Waals surface area (Å²) in [6.45, 7) is 4.55. The number of hydrogen-bond donors (Lipinski definition) is 1. The number of nitrogens with one attached hydrogen (secondary N) is 1. The minimum Gasteiger partial charge on any atom is -0.322 e. The molecule has 140 valence electrons. The summed E-state index contributed by atoms with van der Waals surface area (Å²) in [5, 5.41) is 8.69. The van der Waals surface area contributed by atoms with Gasteiger partial charge in [0.2, 0.25) is 0 Å². The molecule has 4 aromatic rings. The second kappa shape index (κ2) is 7.44. The van der Waals surface area contributed by atoms with Gasteiger partial charge in [0.25, 0.3) is 5.91 Å². The molecule has 0 aliphatic rings. The Hall–Kier alpha value is -3.18. The van der Waals surface area contributed by atoms with Gasteiger partial charge >= 0.3 is 0 Å². The van der Waals surface area contributed by atoms with E-state index in [9.17, 15) is 4.79 Å². The lowest BCUT2D eigenvalue weighted by atomic mass is 10.1. The van der Waals surface area contributed by atoms with Gasteiger partial charge in [0.15, 0.2) is 5.65 Å². The maximum absolute atomic E-state index is 13.2. The molecule has 0 saturated heterocycles. The second-order valence-electron chi connectivity index (χ2n) is 6.49. The van der Waals surface area contributed by atoms with E-state index in [-0.39, 0.29) is 5.91 Å². The van der Waals surface area contributed by atoms with E-state index in [4.69, 9.17) is 16.6 Å². The van der Waals surface area contributed by atoms with Crippen molar-refractivity contribution in [2.75, 3.05) is 5.32 Å². The highest BCUT2D eigenvalue weighted by Crippen LogP contribution is 2.27. The van der Waals surface area contributed by atoms with E-state index in [0.717, 1.165) is 22.2 Å². The van der Waals surface area contributed by atoms with Crippen LogP contribution in [0.25, 0.3) is 22.3 Å². The Kier molecular flexibility index (Phi) is 4.84. The summed E-state index contributed by atoms with van der Waals surface area (Å²) in [7, 11) is 0. The standard InChI is InChI=1S/C22H19ClN4O/c1-3-27-21-17(13-24-27)16(12-20(25-21)15-8-5-4-6-9-15)22(28)26-19-11-7-10-18(23)14(19)2/h4-13H,3H2,1-2H3,(H,26,28). The molecule has 0 saturated carbocycles. The van der Waals surface area contributed by atoms with Crippen LogP contribution in [0.4, 0.5) is 5.69 Å². The average Bonchev–Trinajstić information content (AvgIpc) is 3.14. The number of pyridine rings is 1. The van der Waals surface area contributed by atoms with Gasteiger partial charge in [-0.3, -0.25) is 4.79 Å². The van der Waals surface area contributed by atoms with Gasteiger partial charge in [-0.05, 0) is 37.6 Å². The number of fused-ring (bicyclic) bond motifs is 1. The van der Waals surface area contributed by atoms with Gasteiger partial charge in [0.1, 0.15) is 0 Å². The molecule has 0 fully saturated rings. The first-order chi connectivity index (χ1) is 13.6. The number of carbonyl (C=O) groups is 1. The maximum Gasteiger partial charge on any atom is 0.256 e. The third-order valence-corrected chi connectivity index (χ3v) is 5.15. The fourth-order valence-corrected chi connectivity index (χ4v) is 3.33. The number of aryl methyl sites for hydroxylation is 1. The molecule has 0 aliphatic heterocycles. The Balaban J connectivity index is 1.84. The Bertz CT molecular complexity index is 1170. The number of rotatable bonds is 4. The summed E-state index contributed by atoms with van der Waals surface area (Å²) in [6, 6.07) is 17.1. The molecule has 0 aliphatic carbocycles. The van der Waals surface area contributed by atoms with E-state index in [2.05, 4.69) is 10.4 Å². The Labute approximate surface area is 168 Å². The van der Waals surface area contributed by atoms with Crippen LogP contribution in [0, 0.1) is 6.92 Å². The highest BCUT2D eigenvalue weighted by atomic mass is 35.5. The summed E-state index contributed by atoms with van der Waals surface area (Å²) in [5.74, 6) is -0.217. The summed E-state index contributed by atoms with van der Waals surface area (Å²) in [5.41, 5.74) is 4.42. The predicted octanol–water partition coefficient (Wildman–Crippen LogP) is 5.33. The largest absolute Gasteiger partial charge is 0.322 e. The SMILES string of the molecule is CCn1ncc2c(C(=O)Nc3cccc(Cl)c3C)cc(-c3ccccc3)nc21. The van der Waals surface area contributed by atoms with Gasteiger partial charge in [0.05, 0.1) is 22.8 Å². The molecule has 1 N–H and O–H groups in total. The quantitative estimate of drug-likeness (QED) is 0.512. The van der Waals surface area contributed by atoms with E-state index < -0.39 is 0 Å². The van der Waals surface area contributed by atoms with E-state index in [1.807, 2.05) is 62.4 Å². The lowest BCUT2D eigenvalue weighted by Crippen LogP contribution is -2.14. The van der Waals surface area contributed by atoms with Crippen LogP contribution in [-0.2, 0) is 6.54 Å². The topological polar surface area (TPSA) is 59.8 Å². The number of anilines is 1. The molecule has 0 atom stereocenters. The van der Waals surface area contributed by atoms with Crippen molar-refractivity contribution < 1.29 is 4.79 Å². The molecule has 0 bridgehead atoms. The van der Waals surface area contributed by atoms with Crippen LogP contribution in [0.15, 0.2) is 60.8 Å². The number of benzene rings is 2. The van der Waals surface area contributed by atoms with Crippen molar-refractivity contribution in [3.8, 4) is 11.3 Å². The van der Waals surface area contributed by atoms with Crippen molar-refractivity contribution in [2.24, 2.45) is 0 Å². The van der Waals surface area contributed by atoms with Gasteiger partial charge in [-0.25, -0.2) is 9.67 Å². The molecule has 0 unspecified atom stereocenters. The van der Waals surface area contributed by atoms with Crippen LogP contribution < -0.4 is 5.32 Å². The first kappa shape index (κ1) is 18.2. The molecule has 5 nitrogen and oxygen atoms in total. The van der Waals surface area contributed by atoms with Gasteiger partial charge in [-0.15, -0.1) is 0 Å². The third-order valence-electron chi connectivity index (χ3n) is 4.74. The highest BCUT2D eigenvalue weighted by Gasteiger charge is 2.18.